The Morgan fingerprint density at radius 3 is 2.54 bits per heavy atom. The van der Waals surface area contributed by atoms with Crippen LogP contribution in [0.15, 0.2) is 58.2 Å². The Morgan fingerprint density at radius 1 is 1.11 bits per heavy atom. The van der Waals surface area contributed by atoms with Crippen molar-refractivity contribution in [2.24, 2.45) is 5.10 Å². The third-order valence-electron chi connectivity index (χ3n) is 4.99. The van der Waals surface area contributed by atoms with E-state index in [9.17, 15) is 0 Å². The van der Waals surface area contributed by atoms with E-state index in [1.54, 1.807) is 12.4 Å². The largest absolute Gasteiger partial charge is 0.541 e. The van der Waals surface area contributed by atoms with E-state index in [1.165, 1.54) is 0 Å². The van der Waals surface area contributed by atoms with Crippen LogP contribution in [0.2, 0.25) is 18.1 Å². The van der Waals surface area contributed by atoms with Gasteiger partial charge in [-0.1, -0.05) is 39.0 Å². The number of halogens is 1. The Bertz CT molecular complexity index is 1000. The van der Waals surface area contributed by atoms with E-state index in [0.29, 0.717) is 5.82 Å². The molecule has 0 atom stereocenters. The molecule has 0 aliphatic heterocycles. The van der Waals surface area contributed by atoms with Gasteiger partial charge in [0.05, 0.1) is 16.4 Å². The predicted molar refractivity (Wildman–Crippen MR) is 123 cm³/mol. The average molecular weight is 457 g/mol. The smallest absolute Gasteiger partial charge is 0.250 e. The summed E-state index contributed by atoms with van der Waals surface area (Å²) in [4.78, 5) is 8.97. The molecule has 0 saturated carbocycles. The van der Waals surface area contributed by atoms with Gasteiger partial charge in [0.15, 0.2) is 0 Å². The molecule has 0 radical (unpaired) electrons. The monoisotopic (exact) mass is 456 g/mol. The molecular formula is C21H25BrN4OSi. The molecule has 1 aromatic carbocycles. The Morgan fingerprint density at radius 2 is 1.86 bits per heavy atom. The van der Waals surface area contributed by atoms with Gasteiger partial charge in [-0.05, 0) is 58.3 Å². The summed E-state index contributed by atoms with van der Waals surface area (Å²) in [7, 11) is -2.01. The van der Waals surface area contributed by atoms with Crippen LogP contribution in [0.25, 0.3) is 10.9 Å². The van der Waals surface area contributed by atoms with Crippen molar-refractivity contribution in [3.05, 3.63) is 58.8 Å². The van der Waals surface area contributed by atoms with Gasteiger partial charge in [-0.2, -0.15) is 5.10 Å². The Balaban J connectivity index is 1.94. The highest BCUT2D eigenvalue weighted by atomic mass is 79.9. The number of hydrogen-bond donors (Lipinski definition) is 1. The number of aromatic nitrogens is 2. The molecule has 28 heavy (non-hydrogen) atoms. The van der Waals surface area contributed by atoms with Crippen molar-refractivity contribution in [2.45, 2.75) is 38.9 Å². The van der Waals surface area contributed by atoms with Gasteiger partial charge in [0.2, 0.25) is 0 Å². The van der Waals surface area contributed by atoms with E-state index in [4.69, 9.17) is 9.41 Å². The number of rotatable bonds is 5. The van der Waals surface area contributed by atoms with Crippen molar-refractivity contribution >= 4 is 47.2 Å². The highest BCUT2D eigenvalue weighted by molar-refractivity contribution is 9.10. The molecule has 0 unspecified atom stereocenters. The Hall–Kier alpha value is -2.25. The van der Waals surface area contributed by atoms with Gasteiger partial charge in [0, 0.05) is 11.6 Å². The van der Waals surface area contributed by atoms with Gasteiger partial charge in [-0.3, -0.25) is 5.43 Å². The van der Waals surface area contributed by atoms with Crippen molar-refractivity contribution in [3.63, 3.8) is 0 Å². The lowest BCUT2D eigenvalue weighted by molar-refractivity contribution is 0.493. The summed E-state index contributed by atoms with van der Waals surface area (Å²) in [6.07, 6.45) is 3.40. The van der Waals surface area contributed by atoms with Crippen molar-refractivity contribution < 1.29 is 4.43 Å². The number of nitrogens with zero attached hydrogens (tertiary/aromatic N) is 3. The van der Waals surface area contributed by atoms with Crippen LogP contribution in [0.1, 0.15) is 26.5 Å². The lowest BCUT2D eigenvalue weighted by Crippen LogP contribution is -2.44. The van der Waals surface area contributed by atoms with E-state index in [0.717, 1.165) is 26.8 Å². The lowest BCUT2D eigenvalue weighted by atomic mass is 10.2. The Kier molecular flexibility index (Phi) is 5.86. The first-order valence-electron chi connectivity index (χ1n) is 9.16. The van der Waals surface area contributed by atoms with E-state index in [2.05, 4.69) is 65.3 Å². The van der Waals surface area contributed by atoms with Crippen LogP contribution in [0.3, 0.4) is 0 Å². The lowest BCUT2D eigenvalue weighted by Gasteiger charge is -2.36. The molecular weight excluding hydrogens is 432 g/mol. The summed E-state index contributed by atoms with van der Waals surface area (Å²) in [6.45, 7) is 11.2. The normalized spacial score (nSPS) is 12.5. The summed E-state index contributed by atoms with van der Waals surface area (Å²) in [6, 6.07) is 13.7. The van der Waals surface area contributed by atoms with Gasteiger partial charge in [-0.15, -0.1) is 0 Å². The quantitative estimate of drug-likeness (QED) is 0.281. The highest BCUT2D eigenvalue weighted by Crippen LogP contribution is 2.41. The second kappa shape index (κ2) is 8.01. The molecule has 0 saturated heterocycles. The summed E-state index contributed by atoms with van der Waals surface area (Å²) < 4.78 is 7.51. The molecule has 0 spiro atoms. The van der Waals surface area contributed by atoms with Crippen molar-refractivity contribution in [3.8, 4) is 5.75 Å². The maximum Gasteiger partial charge on any atom is 0.250 e. The van der Waals surface area contributed by atoms with Crippen molar-refractivity contribution in [1.82, 2.24) is 9.97 Å². The molecule has 146 valence electrons. The molecule has 2 aromatic heterocycles. The van der Waals surface area contributed by atoms with E-state index >= 15 is 0 Å². The first-order chi connectivity index (χ1) is 13.2. The number of hydrazone groups is 1. The maximum atomic E-state index is 6.60. The molecule has 0 fully saturated rings. The van der Waals surface area contributed by atoms with Crippen LogP contribution in [0, 0.1) is 0 Å². The number of anilines is 1. The van der Waals surface area contributed by atoms with E-state index < -0.39 is 8.32 Å². The zero-order valence-corrected chi connectivity index (χ0v) is 19.4. The zero-order chi connectivity index (χ0) is 20.4. The van der Waals surface area contributed by atoms with Gasteiger partial charge in [0.25, 0.3) is 8.32 Å². The number of pyridine rings is 2. The molecule has 3 rings (SSSR count). The topological polar surface area (TPSA) is 59.4 Å². The minimum atomic E-state index is -2.01. The SMILES string of the molecule is CC(C)(C)[Si](C)(C)Oc1c(Br)ccc2ccc(C=NNc3ccccn3)nc12. The number of fused-ring (bicyclic) bond motifs is 1. The number of hydrogen-bond acceptors (Lipinski definition) is 5. The average Bonchev–Trinajstić information content (AvgIpc) is 2.64. The summed E-state index contributed by atoms with van der Waals surface area (Å²) >= 11 is 3.65. The number of nitrogens with one attached hydrogen (secondary N) is 1. The highest BCUT2D eigenvalue weighted by Gasteiger charge is 2.39. The van der Waals surface area contributed by atoms with Crippen molar-refractivity contribution in [1.29, 1.82) is 0 Å². The first-order valence-corrected chi connectivity index (χ1v) is 12.9. The van der Waals surface area contributed by atoms with Crippen LogP contribution in [0.5, 0.6) is 5.75 Å². The van der Waals surface area contributed by atoms with Crippen LogP contribution < -0.4 is 9.85 Å². The summed E-state index contributed by atoms with van der Waals surface area (Å²) in [5.74, 6) is 1.49. The molecule has 0 bridgehead atoms. The molecule has 0 amide bonds. The number of benzene rings is 1. The standard InChI is InChI=1S/C21H25BrN4OSi/c1-21(2,3)28(4,5)27-20-17(22)12-10-15-9-11-16(25-19(15)20)14-24-26-18-8-6-7-13-23-18/h6-14H,1-5H3,(H,23,26). The van der Waals surface area contributed by atoms with Crippen LogP contribution in [0.4, 0.5) is 5.82 Å². The summed E-state index contributed by atoms with van der Waals surface area (Å²) in [5, 5.41) is 5.37. The second-order valence-electron chi connectivity index (χ2n) is 8.13. The fourth-order valence-electron chi connectivity index (χ4n) is 2.32. The molecule has 5 nitrogen and oxygen atoms in total. The minimum absolute atomic E-state index is 0.0975. The molecule has 7 heteroatoms. The molecule has 0 aliphatic carbocycles. The van der Waals surface area contributed by atoms with E-state index in [1.807, 2.05) is 42.5 Å². The first kappa shape index (κ1) is 20.5. The Labute approximate surface area is 175 Å². The fraction of sp³-hybridized carbons (Fsp3) is 0.286. The molecule has 3 aromatic rings. The zero-order valence-electron chi connectivity index (χ0n) is 16.8. The minimum Gasteiger partial charge on any atom is -0.541 e. The van der Waals surface area contributed by atoms with Crippen LogP contribution in [-0.4, -0.2) is 24.5 Å². The van der Waals surface area contributed by atoms with Gasteiger partial charge >= 0.3 is 0 Å². The predicted octanol–water partition coefficient (Wildman–Crippen LogP) is 6.22. The van der Waals surface area contributed by atoms with Gasteiger partial charge in [-0.25, -0.2) is 9.97 Å². The molecule has 1 N–H and O–H groups in total. The third-order valence-corrected chi connectivity index (χ3v) is 9.94. The van der Waals surface area contributed by atoms with Gasteiger partial charge in [0.1, 0.15) is 17.1 Å². The van der Waals surface area contributed by atoms with Crippen molar-refractivity contribution in [2.75, 3.05) is 5.43 Å². The van der Waals surface area contributed by atoms with E-state index in [-0.39, 0.29) is 5.04 Å². The second-order valence-corrected chi connectivity index (χ2v) is 13.7. The molecule has 2 heterocycles. The fourth-order valence-corrected chi connectivity index (χ4v) is 3.90. The molecule has 0 aliphatic rings. The summed E-state index contributed by atoms with van der Waals surface area (Å²) in [5.41, 5.74) is 4.49. The van der Waals surface area contributed by atoms with Crippen LogP contribution >= 0.6 is 15.9 Å². The van der Waals surface area contributed by atoms with Gasteiger partial charge < -0.3 is 4.43 Å². The third kappa shape index (κ3) is 4.59. The maximum absolute atomic E-state index is 6.60. The van der Waals surface area contributed by atoms with Crippen LogP contribution in [-0.2, 0) is 0 Å².